The van der Waals surface area contributed by atoms with E-state index in [-0.39, 0.29) is 10.6 Å². The van der Waals surface area contributed by atoms with Gasteiger partial charge in [-0.15, -0.1) is 11.3 Å². The van der Waals surface area contributed by atoms with Crippen molar-refractivity contribution in [3.8, 4) is 0 Å². The van der Waals surface area contributed by atoms with E-state index in [0.29, 0.717) is 23.4 Å². The minimum absolute atomic E-state index is 0.101. The molecule has 236 valence electrons. The second-order valence-corrected chi connectivity index (χ2v) is 15.0. The van der Waals surface area contributed by atoms with Crippen LogP contribution in [0.25, 0.3) is 0 Å². The third-order valence-corrected chi connectivity index (χ3v) is 11.7. The van der Waals surface area contributed by atoms with Gasteiger partial charge in [0.15, 0.2) is 34.3 Å². The number of esters is 4. The van der Waals surface area contributed by atoms with Gasteiger partial charge in [-0.3, -0.25) is 9.59 Å². The van der Waals surface area contributed by atoms with Gasteiger partial charge in [-0.2, -0.15) is 0 Å². The summed E-state index contributed by atoms with van der Waals surface area (Å²) in [7, 11) is -8.32. The predicted octanol–water partition coefficient (Wildman–Crippen LogP) is 0.516. The van der Waals surface area contributed by atoms with Crippen LogP contribution in [0.1, 0.15) is 66.5 Å². The van der Waals surface area contributed by atoms with Crippen molar-refractivity contribution in [3.05, 3.63) is 11.6 Å². The number of carbonyl (C=O) groups excluding carboxylic acids is 5. The molecule has 0 aromatic carbocycles. The lowest BCUT2D eigenvalue weighted by molar-refractivity contribution is -0.183. The second-order valence-electron chi connectivity index (χ2n) is 9.47. The molecule has 2 heterocycles. The normalized spacial score (nSPS) is 20.5. The second kappa shape index (κ2) is 13.9. The summed E-state index contributed by atoms with van der Waals surface area (Å²) in [6.07, 6.45) is -5.79. The number of carbonyl (C=O) groups is 5. The van der Waals surface area contributed by atoms with E-state index >= 15 is 0 Å². The average molecular weight is 655 g/mol. The fraction of sp³-hybridized carbons (Fsp3) is 0.625. The highest BCUT2D eigenvalue weighted by Crippen LogP contribution is 2.42. The zero-order valence-electron chi connectivity index (χ0n) is 24.0. The summed E-state index contributed by atoms with van der Waals surface area (Å²) in [6.45, 7) is 9.51. The van der Waals surface area contributed by atoms with Crippen molar-refractivity contribution in [2.75, 3.05) is 6.54 Å². The van der Waals surface area contributed by atoms with Crippen molar-refractivity contribution in [2.45, 2.75) is 99.0 Å². The molecule has 0 aliphatic carbocycles. The summed E-state index contributed by atoms with van der Waals surface area (Å²) in [5, 5.41) is 2.39. The standard InChI is InChI=1S/C24H34N2O13S3/c1-8-25-18-9-11(2)41(32,33)24-17(18)10-19(40-24)42(34,35)26-20(28)12(3)37-22(30)14(5)39-23(31)15(6)38-21(29)13(4)36-16(7)27/h10-15,18,25H,8-9H2,1-7H3,(H,26,28)/t11-,12-,13-,14-,15-,18-/m0/s1. The fourth-order valence-electron chi connectivity index (χ4n) is 3.69. The Bertz CT molecular complexity index is 1430. The summed E-state index contributed by atoms with van der Waals surface area (Å²) in [6, 6.07) is 0.804. The summed E-state index contributed by atoms with van der Waals surface area (Å²) in [5.41, 5.74) is 0.295. The highest BCUT2D eigenvalue weighted by Gasteiger charge is 2.40. The first-order valence-electron chi connectivity index (χ1n) is 12.8. The van der Waals surface area contributed by atoms with Crippen LogP contribution in [0.4, 0.5) is 0 Å². The molecule has 1 aliphatic rings. The van der Waals surface area contributed by atoms with E-state index in [1.165, 1.54) is 19.9 Å². The van der Waals surface area contributed by atoms with Gasteiger partial charge in [0.25, 0.3) is 15.9 Å². The van der Waals surface area contributed by atoms with Gasteiger partial charge in [-0.05, 0) is 53.7 Å². The molecule has 0 unspecified atom stereocenters. The highest BCUT2D eigenvalue weighted by molar-refractivity contribution is 7.95. The largest absolute Gasteiger partial charge is 0.451 e. The Hall–Kier alpha value is -3.09. The molecule has 0 bridgehead atoms. The van der Waals surface area contributed by atoms with Crippen LogP contribution < -0.4 is 10.0 Å². The van der Waals surface area contributed by atoms with Crippen LogP contribution in [-0.2, 0) is 62.8 Å². The number of hydrogen-bond acceptors (Lipinski definition) is 15. The molecule has 0 fully saturated rings. The minimum Gasteiger partial charge on any atom is -0.451 e. The van der Waals surface area contributed by atoms with Gasteiger partial charge < -0.3 is 24.3 Å². The molecule has 0 spiro atoms. The van der Waals surface area contributed by atoms with Crippen LogP contribution in [0.15, 0.2) is 14.5 Å². The molecular weight excluding hydrogens is 620 g/mol. The third kappa shape index (κ3) is 8.48. The van der Waals surface area contributed by atoms with Crippen LogP contribution in [0, 0.1) is 0 Å². The van der Waals surface area contributed by atoms with Gasteiger partial charge in [0, 0.05) is 18.5 Å². The number of ether oxygens (including phenoxy) is 4. The molecule has 18 heteroatoms. The number of sulfonamides is 1. The van der Waals surface area contributed by atoms with Crippen LogP contribution >= 0.6 is 11.3 Å². The molecular formula is C24H34N2O13S3. The van der Waals surface area contributed by atoms with E-state index in [2.05, 4.69) is 10.1 Å². The van der Waals surface area contributed by atoms with Gasteiger partial charge in [0.05, 0.1) is 5.25 Å². The third-order valence-electron chi connectivity index (χ3n) is 5.97. The van der Waals surface area contributed by atoms with Gasteiger partial charge in [-0.1, -0.05) is 6.92 Å². The Kier molecular flexibility index (Phi) is 11.6. The van der Waals surface area contributed by atoms with Gasteiger partial charge in [0.1, 0.15) is 8.42 Å². The quantitative estimate of drug-likeness (QED) is 0.232. The maximum atomic E-state index is 12.9. The summed E-state index contributed by atoms with van der Waals surface area (Å²) < 4.78 is 72.0. The Balaban J connectivity index is 2.02. The molecule has 1 amide bonds. The van der Waals surface area contributed by atoms with Crippen LogP contribution in [0.5, 0.6) is 0 Å². The maximum absolute atomic E-state index is 12.9. The molecule has 2 rings (SSSR count). The molecule has 6 atom stereocenters. The number of rotatable bonds is 12. The lowest BCUT2D eigenvalue weighted by Gasteiger charge is -2.27. The Morgan fingerprint density at radius 1 is 0.929 bits per heavy atom. The predicted molar refractivity (Wildman–Crippen MR) is 145 cm³/mol. The van der Waals surface area contributed by atoms with E-state index in [1.54, 1.807) is 4.72 Å². The number of thiophene rings is 1. The van der Waals surface area contributed by atoms with E-state index < -0.39 is 89.6 Å². The first-order chi connectivity index (χ1) is 19.3. The molecule has 15 nitrogen and oxygen atoms in total. The number of fused-ring (bicyclic) bond motifs is 1. The number of sulfone groups is 1. The zero-order valence-corrected chi connectivity index (χ0v) is 26.4. The van der Waals surface area contributed by atoms with Crippen molar-refractivity contribution >= 4 is 61.0 Å². The fourth-order valence-corrected chi connectivity index (χ4v) is 8.73. The summed E-state index contributed by atoms with van der Waals surface area (Å²) >= 11 is 0.517. The first kappa shape index (κ1) is 35.1. The Morgan fingerprint density at radius 2 is 1.40 bits per heavy atom. The van der Waals surface area contributed by atoms with Crippen LogP contribution in [0.3, 0.4) is 0 Å². The molecule has 42 heavy (non-hydrogen) atoms. The van der Waals surface area contributed by atoms with Crippen molar-refractivity contribution in [3.63, 3.8) is 0 Å². The van der Waals surface area contributed by atoms with Crippen LogP contribution in [-0.4, -0.2) is 82.8 Å². The minimum atomic E-state index is -4.55. The first-order valence-corrected chi connectivity index (χ1v) is 16.6. The average Bonchev–Trinajstić information content (AvgIpc) is 3.34. The van der Waals surface area contributed by atoms with Gasteiger partial charge in [0.2, 0.25) is 0 Å². The lowest BCUT2D eigenvalue weighted by atomic mass is 10.1. The maximum Gasteiger partial charge on any atom is 0.347 e. The van der Waals surface area contributed by atoms with E-state index in [9.17, 15) is 40.8 Å². The SMILES string of the molecule is CCN[C@H]1C[C@H](C)S(=O)(=O)c2sc(S(=O)(=O)NC(=O)[C@H](C)OC(=O)[C@H](C)OC(=O)[C@H](C)OC(=O)[C@H](C)OC(C)=O)cc21. The van der Waals surface area contributed by atoms with Crippen molar-refractivity contribution in [1.82, 2.24) is 10.0 Å². The lowest BCUT2D eigenvalue weighted by Crippen LogP contribution is -2.41. The highest BCUT2D eigenvalue weighted by atomic mass is 32.3. The smallest absolute Gasteiger partial charge is 0.347 e. The Labute approximate surface area is 247 Å². The van der Waals surface area contributed by atoms with Crippen molar-refractivity contribution in [2.24, 2.45) is 0 Å². The molecule has 2 N–H and O–H groups in total. The summed E-state index contributed by atoms with van der Waals surface area (Å²) in [4.78, 5) is 60.0. The molecule has 0 radical (unpaired) electrons. The zero-order chi connectivity index (χ0) is 32.2. The Morgan fingerprint density at radius 3 is 1.88 bits per heavy atom. The summed E-state index contributed by atoms with van der Waals surface area (Å²) in [5.74, 6) is -5.38. The molecule has 0 saturated heterocycles. The molecule has 0 saturated carbocycles. The number of nitrogens with one attached hydrogen (secondary N) is 2. The van der Waals surface area contributed by atoms with E-state index in [4.69, 9.17) is 14.2 Å². The topological polar surface area (TPSA) is 215 Å². The monoisotopic (exact) mass is 654 g/mol. The molecule has 1 aromatic rings. The molecule has 1 aliphatic heterocycles. The molecule has 1 aromatic heterocycles. The number of amides is 1. The number of hydrogen-bond donors (Lipinski definition) is 2. The van der Waals surface area contributed by atoms with Crippen LogP contribution in [0.2, 0.25) is 0 Å². The van der Waals surface area contributed by atoms with E-state index in [0.717, 1.165) is 27.7 Å². The van der Waals surface area contributed by atoms with Crippen molar-refractivity contribution < 1.29 is 59.8 Å². The van der Waals surface area contributed by atoms with Crippen molar-refractivity contribution in [1.29, 1.82) is 0 Å². The van der Waals surface area contributed by atoms with Gasteiger partial charge in [-0.25, -0.2) is 35.9 Å². The van der Waals surface area contributed by atoms with Gasteiger partial charge >= 0.3 is 23.9 Å². The van der Waals surface area contributed by atoms with E-state index in [1.807, 2.05) is 6.92 Å².